The maximum Gasteiger partial charge on any atom is 0.257 e. The van der Waals surface area contributed by atoms with Crippen molar-refractivity contribution in [3.8, 4) is 5.75 Å². The Bertz CT molecular complexity index is 865. The monoisotopic (exact) mass is 376 g/mol. The summed E-state index contributed by atoms with van der Waals surface area (Å²) in [5.74, 6) is 0.225. The van der Waals surface area contributed by atoms with Gasteiger partial charge in [0.2, 0.25) is 10.0 Å². The molecule has 1 amide bonds. The molecule has 2 aromatic carbocycles. The van der Waals surface area contributed by atoms with Crippen molar-refractivity contribution in [2.75, 3.05) is 13.7 Å². The number of nitrogens with one attached hydrogen (secondary N) is 2. The Hall–Kier alpha value is -2.38. The summed E-state index contributed by atoms with van der Waals surface area (Å²) in [6.45, 7) is 3.60. The Morgan fingerprint density at radius 3 is 2.54 bits per heavy atom. The lowest BCUT2D eigenvalue weighted by molar-refractivity contribution is -0.122. The number of para-hydroxylation sites is 1. The molecule has 0 aromatic heterocycles. The van der Waals surface area contributed by atoms with Crippen LogP contribution in [-0.2, 0) is 14.8 Å². The van der Waals surface area contributed by atoms with Crippen LogP contribution in [0.3, 0.4) is 0 Å². The summed E-state index contributed by atoms with van der Waals surface area (Å²) in [5, 5.41) is 2.49. The highest BCUT2D eigenvalue weighted by Crippen LogP contribution is 2.28. The van der Waals surface area contributed by atoms with Gasteiger partial charge in [0, 0.05) is 12.6 Å². The van der Waals surface area contributed by atoms with E-state index in [1.807, 2.05) is 26.0 Å². The molecule has 0 spiro atoms. The van der Waals surface area contributed by atoms with Crippen LogP contribution < -0.4 is 14.8 Å². The third-order valence-corrected chi connectivity index (χ3v) is 5.41. The highest BCUT2D eigenvalue weighted by molar-refractivity contribution is 7.89. The number of aryl methyl sites for hydroxylation is 1. The summed E-state index contributed by atoms with van der Waals surface area (Å²) in [4.78, 5) is 11.7. The molecule has 2 rings (SSSR count). The Morgan fingerprint density at radius 2 is 1.88 bits per heavy atom. The lowest BCUT2D eigenvalue weighted by Crippen LogP contribution is -2.29. The quantitative estimate of drug-likeness (QED) is 0.741. The molecule has 1 atom stereocenters. The molecule has 0 fully saturated rings. The van der Waals surface area contributed by atoms with Crippen molar-refractivity contribution in [3.05, 3.63) is 59.7 Å². The number of rotatable bonds is 8. The third-order valence-electron chi connectivity index (χ3n) is 3.94. The number of ether oxygens (including phenoxy) is 1. The summed E-state index contributed by atoms with van der Waals surface area (Å²) >= 11 is 0. The number of carbonyl (C=O) groups is 1. The second kappa shape index (κ2) is 8.82. The van der Waals surface area contributed by atoms with Gasteiger partial charge in [-0.3, -0.25) is 4.79 Å². The molecule has 0 unspecified atom stereocenters. The Morgan fingerprint density at radius 1 is 1.15 bits per heavy atom. The van der Waals surface area contributed by atoms with E-state index in [2.05, 4.69) is 10.0 Å². The smallest absolute Gasteiger partial charge is 0.257 e. The van der Waals surface area contributed by atoms with Gasteiger partial charge < -0.3 is 10.1 Å². The highest BCUT2D eigenvalue weighted by Gasteiger charge is 2.22. The summed E-state index contributed by atoms with van der Waals surface area (Å²) in [5.41, 5.74) is 1.56. The molecular formula is C19H24N2O4S. The van der Waals surface area contributed by atoms with Crippen molar-refractivity contribution in [3.63, 3.8) is 0 Å². The maximum absolute atomic E-state index is 12.7. The molecule has 0 aliphatic carbocycles. The molecule has 2 aromatic rings. The molecule has 0 bridgehead atoms. The van der Waals surface area contributed by atoms with Crippen LogP contribution in [0.4, 0.5) is 0 Å². The first-order valence-corrected chi connectivity index (χ1v) is 9.87. The van der Waals surface area contributed by atoms with Crippen LogP contribution in [0.5, 0.6) is 5.75 Å². The molecule has 0 saturated heterocycles. The minimum absolute atomic E-state index is 0.130. The molecule has 0 aliphatic heterocycles. The van der Waals surface area contributed by atoms with Gasteiger partial charge in [0.05, 0.1) is 10.9 Å². The maximum atomic E-state index is 12.7. The number of hydrogen-bond acceptors (Lipinski definition) is 4. The Labute approximate surface area is 154 Å². The molecular weight excluding hydrogens is 352 g/mol. The zero-order valence-electron chi connectivity index (χ0n) is 15.2. The van der Waals surface area contributed by atoms with E-state index < -0.39 is 16.1 Å². The zero-order chi connectivity index (χ0) is 19.2. The normalized spacial score (nSPS) is 12.4. The van der Waals surface area contributed by atoms with E-state index in [9.17, 15) is 13.2 Å². The van der Waals surface area contributed by atoms with E-state index in [-0.39, 0.29) is 17.4 Å². The van der Waals surface area contributed by atoms with Crippen LogP contribution in [0.15, 0.2) is 53.4 Å². The van der Waals surface area contributed by atoms with Crippen LogP contribution in [-0.4, -0.2) is 28.0 Å². The van der Waals surface area contributed by atoms with Crippen LogP contribution in [0.2, 0.25) is 0 Å². The molecule has 6 nitrogen and oxygen atoms in total. The summed E-state index contributed by atoms with van der Waals surface area (Å²) < 4.78 is 33.8. The number of likely N-dealkylation sites (N-methyl/N-ethyl adjacent to an activating group) is 1. The van der Waals surface area contributed by atoms with Gasteiger partial charge in [-0.05, 0) is 37.1 Å². The summed E-state index contributed by atoms with van der Waals surface area (Å²) in [6, 6.07) is 13.4. The van der Waals surface area contributed by atoms with Crippen molar-refractivity contribution >= 4 is 15.9 Å². The number of hydrogen-bond donors (Lipinski definition) is 2. The summed E-state index contributed by atoms with van der Waals surface area (Å²) in [6.07, 6.45) is 0.533. The molecule has 0 heterocycles. The predicted octanol–water partition coefficient (Wildman–Crippen LogP) is 2.55. The lowest BCUT2D eigenvalue weighted by Gasteiger charge is -2.20. The molecule has 2 N–H and O–H groups in total. The first kappa shape index (κ1) is 19.9. The van der Waals surface area contributed by atoms with E-state index in [1.54, 1.807) is 36.4 Å². The van der Waals surface area contributed by atoms with E-state index in [4.69, 9.17) is 4.74 Å². The van der Waals surface area contributed by atoms with Gasteiger partial charge in [-0.25, -0.2) is 13.1 Å². The van der Waals surface area contributed by atoms with Gasteiger partial charge in [-0.15, -0.1) is 0 Å². The minimum Gasteiger partial charge on any atom is -0.483 e. The topological polar surface area (TPSA) is 84.5 Å². The first-order chi connectivity index (χ1) is 12.4. The predicted molar refractivity (Wildman–Crippen MR) is 101 cm³/mol. The van der Waals surface area contributed by atoms with Gasteiger partial charge in [0.1, 0.15) is 5.75 Å². The first-order valence-electron chi connectivity index (χ1n) is 8.38. The molecule has 26 heavy (non-hydrogen) atoms. The SMILES string of the molecule is CC[C@H](NS(=O)(=O)c1cccc(C)c1)c1ccccc1OCC(=O)NC. The van der Waals surface area contributed by atoms with Gasteiger partial charge in [0.25, 0.3) is 5.91 Å². The van der Waals surface area contributed by atoms with Crippen LogP contribution >= 0.6 is 0 Å². The number of sulfonamides is 1. The molecule has 0 aliphatic rings. The number of carbonyl (C=O) groups excluding carboxylic acids is 1. The average Bonchev–Trinajstić information content (AvgIpc) is 2.64. The fraction of sp³-hybridized carbons (Fsp3) is 0.316. The summed E-state index contributed by atoms with van der Waals surface area (Å²) in [7, 11) is -2.15. The van der Waals surface area contributed by atoms with E-state index in [0.717, 1.165) is 5.56 Å². The lowest BCUT2D eigenvalue weighted by atomic mass is 10.0. The average molecular weight is 376 g/mol. The standard InChI is InChI=1S/C19H24N2O4S/c1-4-17(21-26(23,24)15-9-7-8-14(2)12-15)16-10-5-6-11-18(16)25-13-19(22)20-3/h5-12,17,21H,4,13H2,1-3H3,(H,20,22)/t17-/m0/s1. The van der Waals surface area contributed by atoms with Crippen molar-refractivity contribution in [1.82, 2.24) is 10.0 Å². The van der Waals surface area contributed by atoms with Crippen molar-refractivity contribution < 1.29 is 17.9 Å². The van der Waals surface area contributed by atoms with Gasteiger partial charge in [0.15, 0.2) is 6.61 Å². The molecule has 0 radical (unpaired) electrons. The fourth-order valence-corrected chi connectivity index (χ4v) is 3.92. The second-order valence-electron chi connectivity index (χ2n) is 5.90. The van der Waals surface area contributed by atoms with Crippen molar-refractivity contribution in [2.45, 2.75) is 31.2 Å². The third kappa shape index (κ3) is 5.06. The van der Waals surface area contributed by atoms with E-state index >= 15 is 0 Å². The zero-order valence-corrected chi connectivity index (χ0v) is 16.0. The van der Waals surface area contributed by atoms with Crippen molar-refractivity contribution in [2.24, 2.45) is 0 Å². The number of benzene rings is 2. The highest BCUT2D eigenvalue weighted by atomic mass is 32.2. The number of amides is 1. The van der Waals surface area contributed by atoms with Gasteiger partial charge in [-0.1, -0.05) is 37.3 Å². The van der Waals surface area contributed by atoms with Crippen LogP contribution in [0.1, 0.15) is 30.5 Å². The van der Waals surface area contributed by atoms with E-state index in [1.165, 1.54) is 7.05 Å². The van der Waals surface area contributed by atoms with E-state index in [0.29, 0.717) is 17.7 Å². The Balaban J connectivity index is 2.27. The molecule has 140 valence electrons. The Kier molecular flexibility index (Phi) is 6.76. The fourth-order valence-electron chi connectivity index (χ4n) is 2.52. The molecule has 7 heteroatoms. The minimum atomic E-state index is -3.68. The van der Waals surface area contributed by atoms with Crippen molar-refractivity contribution in [1.29, 1.82) is 0 Å². The van der Waals surface area contributed by atoms with Crippen LogP contribution in [0.25, 0.3) is 0 Å². The largest absolute Gasteiger partial charge is 0.483 e. The second-order valence-corrected chi connectivity index (χ2v) is 7.61. The molecule has 0 saturated carbocycles. The van der Waals surface area contributed by atoms with Crippen LogP contribution in [0, 0.1) is 6.92 Å². The van der Waals surface area contributed by atoms with Gasteiger partial charge in [-0.2, -0.15) is 0 Å². The van der Waals surface area contributed by atoms with Gasteiger partial charge >= 0.3 is 0 Å².